The van der Waals surface area contributed by atoms with Crippen LogP contribution in [0.25, 0.3) is 10.2 Å². The Hall–Kier alpha value is -2.45. The zero-order valence-corrected chi connectivity index (χ0v) is 20.5. The number of hydrogen-bond donors (Lipinski definition) is 2. The van der Waals surface area contributed by atoms with Crippen LogP contribution in [0.1, 0.15) is 56.3 Å². The maximum Gasteiger partial charge on any atom is 0.234 e. The SMILES string of the molecule is CC(=O)Nc1ccc(NC(=O)CSc2nc(C(C)C)nc3sc4c(c23)CC[C@@H](C)C4)cc1. The molecule has 0 unspecified atom stereocenters. The van der Waals surface area contributed by atoms with E-state index in [1.54, 1.807) is 35.6 Å². The molecule has 8 heteroatoms. The number of aromatic nitrogens is 2. The molecule has 1 aromatic carbocycles. The van der Waals surface area contributed by atoms with Crippen molar-refractivity contribution in [1.82, 2.24) is 9.97 Å². The molecule has 4 rings (SSSR count). The average Bonchev–Trinajstić information content (AvgIpc) is 3.10. The molecule has 32 heavy (non-hydrogen) atoms. The number of fused-ring (bicyclic) bond motifs is 3. The van der Waals surface area contributed by atoms with Crippen LogP contribution in [0.4, 0.5) is 11.4 Å². The number of amides is 2. The third-order valence-corrected chi connectivity index (χ3v) is 7.61. The number of aryl methyl sites for hydroxylation is 1. The molecule has 0 radical (unpaired) electrons. The molecule has 3 aromatic rings. The molecular weight excluding hydrogens is 440 g/mol. The zero-order chi connectivity index (χ0) is 22.8. The summed E-state index contributed by atoms with van der Waals surface area (Å²) in [5.74, 6) is 1.83. The first kappa shape index (κ1) is 22.7. The molecule has 0 saturated heterocycles. The van der Waals surface area contributed by atoms with Gasteiger partial charge >= 0.3 is 0 Å². The minimum absolute atomic E-state index is 0.0853. The molecule has 2 N–H and O–H groups in total. The van der Waals surface area contributed by atoms with E-state index >= 15 is 0 Å². The molecule has 0 fully saturated rings. The Bertz CT molecular complexity index is 1160. The number of benzene rings is 1. The van der Waals surface area contributed by atoms with E-state index in [-0.39, 0.29) is 23.5 Å². The van der Waals surface area contributed by atoms with Gasteiger partial charge in [-0.25, -0.2) is 9.97 Å². The van der Waals surface area contributed by atoms with Gasteiger partial charge in [0, 0.05) is 34.5 Å². The Morgan fingerprint density at radius 2 is 1.84 bits per heavy atom. The van der Waals surface area contributed by atoms with E-state index in [9.17, 15) is 9.59 Å². The molecule has 168 valence electrons. The van der Waals surface area contributed by atoms with E-state index in [4.69, 9.17) is 9.97 Å². The van der Waals surface area contributed by atoms with Crippen molar-refractivity contribution in [2.75, 3.05) is 16.4 Å². The summed E-state index contributed by atoms with van der Waals surface area (Å²) in [6.45, 7) is 7.97. The molecular formula is C24H28N4O2S2. The molecule has 0 saturated carbocycles. The second-order valence-corrected chi connectivity index (χ2v) is 10.7. The van der Waals surface area contributed by atoms with Gasteiger partial charge in [0.25, 0.3) is 0 Å². The van der Waals surface area contributed by atoms with E-state index in [0.717, 1.165) is 33.9 Å². The highest BCUT2D eigenvalue weighted by Crippen LogP contribution is 2.41. The topological polar surface area (TPSA) is 84.0 Å². The molecule has 2 amide bonds. The van der Waals surface area contributed by atoms with Crippen LogP contribution in [0.15, 0.2) is 29.3 Å². The molecule has 6 nitrogen and oxygen atoms in total. The van der Waals surface area contributed by atoms with Gasteiger partial charge in [-0.3, -0.25) is 9.59 Å². The fraction of sp³-hybridized carbons (Fsp3) is 0.417. The summed E-state index contributed by atoms with van der Waals surface area (Å²) >= 11 is 3.28. The zero-order valence-electron chi connectivity index (χ0n) is 18.8. The first-order valence-electron chi connectivity index (χ1n) is 10.9. The normalized spacial score (nSPS) is 15.6. The predicted octanol–water partition coefficient (Wildman–Crippen LogP) is 5.63. The van der Waals surface area contributed by atoms with Gasteiger partial charge in [0.05, 0.1) is 5.75 Å². The van der Waals surface area contributed by atoms with Crippen molar-refractivity contribution in [2.24, 2.45) is 5.92 Å². The lowest BCUT2D eigenvalue weighted by atomic mass is 9.89. The minimum Gasteiger partial charge on any atom is -0.326 e. The molecule has 2 heterocycles. The summed E-state index contributed by atoms with van der Waals surface area (Å²) in [6, 6.07) is 7.10. The van der Waals surface area contributed by atoms with Gasteiger partial charge in [0.1, 0.15) is 15.7 Å². The Morgan fingerprint density at radius 3 is 2.50 bits per heavy atom. The van der Waals surface area contributed by atoms with Crippen molar-refractivity contribution in [3.8, 4) is 0 Å². The minimum atomic E-state index is -0.125. The van der Waals surface area contributed by atoms with Crippen LogP contribution in [0, 0.1) is 5.92 Å². The van der Waals surface area contributed by atoms with E-state index in [1.165, 1.54) is 35.5 Å². The second-order valence-electron chi connectivity index (χ2n) is 8.67. The number of nitrogens with zero attached hydrogens (tertiary/aromatic N) is 2. The van der Waals surface area contributed by atoms with Crippen LogP contribution >= 0.6 is 23.1 Å². The Morgan fingerprint density at radius 1 is 1.16 bits per heavy atom. The second kappa shape index (κ2) is 9.58. The maximum absolute atomic E-state index is 12.6. The van der Waals surface area contributed by atoms with Crippen molar-refractivity contribution in [1.29, 1.82) is 0 Å². The van der Waals surface area contributed by atoms with Crippen LogP contribution in [0.5, 0.6) is 0 Å². The number of carbonyl (C=O) groups is 2. The van der Waals surface area contributed by atoms with Gasteiger partial charge in [-0.05, 0) is 55.0 Å². The standard InChI is InChI=1S/C24H28N4O2S2/c1-13(2)22-27-23(21-18-10-5-14(3)11-19(18)32-24(21)28-22)31-12-20(30)26-17-8-6-16(7-9-17)25-15(4)29/h6-9,13-14H,5,10-12H2,1-4H3,(H,25,29)(H,26,30)/t14-/m1/s1. The van der Waals surface area contributed by atoms with Crippen LogP contribution in [0.2, 0.25) is 0 Å². The number of anilines is 2. The van der Waals surface area contributed by atoms with Crippen molar-refractivity contribution in [2.45, 2.75) is 57.9 Å². The largest absolute Gasteiger partial charge is 0.326 e. The number of hydrogen-bond acceptors (Lipinski definition) is 6. The van der Waals surface area contributed by atoms with Crippen molar-refractivity contribution < 1.29 is 9.59 Å². The predicted molar refractivity (Wildman–Crippen MR) is 133 cm³/mol. The number of carbonyl (C=O) groups excluding carboxylic acids is 2. The molecule has 0 bridgehead atoms. The summed E-state index contributed by atoms with van der Waals surface area (Å²) in [7, 11) is 0. The fourth-order valence-electron chi connectivity index (χ4n) is 3.86. The van der Waals surface area contributed by atoms with E-state index in [2.05, 4.69) is 31.4 Å². The lowest BCUT2D eigenvalue weighted by Crippen LogP contribution is -2.14. The lowest BCUT2D eigenvalue weighted by Gasteiger charge is -2.18. The van der Waals surface area contributed by atoms with Gasteiger partial charge in [-0.15, -0.1) is 11.3 Å². The number of rotatable bonds is 6. The first-order valence-corrected chi connectivity index (χ1v) is 12.7. The summed E-state index contributed by atoms with van der Waals surface area (Å²) < 4.78 is 0. The van der Waals surface area contributed by atoms with E-state index in [1.807, 2.05) is 0 Å². The van der Waals surface area contributed by atoms with Crippen LogP contribution in [-0.2, 0) is 22.4 Å². The molecule has 1 aliphatic rings. The Labute approximate surface area is 196 Å². The third kappa shape index (κ3) is 5.13. The van der Waals surface area contributed by atoms with Crippen molar-refractivity contribution >= 4 is 56.5 Å². The van der Waals surface area contributed by atoms with Crippen molar-refractivity contribution in [3.05, 3.63) is 40.5 Å². The lowest BCUT2D eigenvalue weighted by molar-refractivity contribution is -0.114. The van der Waals surface area contributed by atoms with Gasteiger partial charge in [0.15, 0.2) is 0 Å². The Balaban J connectivity index is 1.51. The quantitative estimate of drug-likeness (QED) is 0.362. The highest BCUT2D eigenvalue weighted by atomic mass is 32.2. The molecule has 1 atom stereocenters. The third-order valence-electron chi connectivity index (χ3n) is 5.48. The highest BCUT2D eigenvalue weighted by Gasteiger charge is 2.24. The number of thioether (sulfide) groups is 1. The van der Waals surface area contributed by atoms with E-state index < -0.39 is 0 Å². The van der Waals surface area contributed by atoms with Crippen LogP contribution in [-0.4, -0.2) is 27.5 Å². The van der Waals surface area contributed by atoms with Gasteiger partial charge in [-0.1, -0.05) is 32.5 Å². The fourth-order valence-corrected chi connectivity index (χ4v) is 6.17. The van der Waals surface area contributed by atoms with Gasteiger partial charge in [-0.2, -0.15) is 0 Å². The maximum atomic E-state index is 12.6. The summed E-state index contributed by atoms with van der Waals surface area (Å²) in [4.78, 5) is 36.0. The first-order chi connectivity index (χ1) is 15.3. The Kier molecular flexibility index (Phi) is 6.81. The number of thiophene rings is 1. The number of nitrogens with one attached hydrogen (secondary N) is 2. The molecule has 2 aromatic heterocycles. The van der Waals surface area contributed by atoms with Crippen LogP contribution < -0.4 is 10.6 Å². The molecule has 1 aliphatic carbocycles. The van der Waals surface area contributed by atoms with Crippen molar-refractivity contribution in [3.63, 3.8) is 0 Å². The summed E-state index contributed by atoms with van der Waals surface area (Å²) in [5, 5.41) is 7.72. The monoisotopic (exact) mass is 468 g/mol. The highest BCUT2D eigenvalue weighted by molar-refractivity contribution is 8.00. The average molecular weight is 469 g/mol. The van der Waals surface area contributed by atoms with Gasteiger partial charge < -0.3 is 10.6 Å². The van der Waals surface area contributed by atoms with Crippen LogP contribution in [0.3, 0.4) is 0 Å². The molecule has 0 spiro atoms. The molecule has 0 aliphatic heterocycles. The summed E-state index contributed by atoms with van der Waals surface area (Å²) in [5.41, 5.74) is 2.78. The van der Waals surface area contributed by atoms with Gasteiger partial charge in [0.2, 0.25) is 11.8 Å². The summed E-state index contributed by atoms with van der Waals surface area (Å²) in [6.07, 6.45) is 3.34. The smallest absolute Gasteiger partial charge is 0.234 e. The van der Waals surface area contributed by atoms with E-state index in [0.29, 0.717) is 17.3 Å².